The third-order valence-corrected chi connectivity index (χ3v) is 1.35. The van der Waals surface area contributed by atoms with Gasteiger partial charge in [-0.05, 0) is 12.1 Å². The zero-order valence-electron chi connectivity index (χ0n) is 6.28. The number of hydrogen-bond acceptors (Lipinski definition) is 4. The van der Waals surface area contributed by atoms with Crippen LogP contribution in [0.5, 0.6) is 0 Å². The lowest BCUT2D eigenvalue weighted by molar-refractivity contribution is 1.63. The second kappa shape index (κ2) is 4.79. The highest BCUT2D eigenvalue weighted by molar-refractivity contribution is 5.86. The number of nitrogens with two attached hydrogens (primary N) is 4. The van der Waals surface area contributed by atoms with Crippen molar-refractivity contribution in [2.24, 2.45) is 0 Å². The molecule has 4 nitrogen and oxygen atoms in total. The summed E-state index contributed by atoms with van der Waals surface area (Å²) < 4.78 is 0. The first kappa shape index (κ1) is 13.6. The maximum atomic E-state index is 5.45. The molecule has 70 valence electrons. The standard InChI is InChI=1S/C6H10N4.2ClH/c7-3-1-2-4(8)6(10)5(3)9;;/h1-2H,7-10H2;2*1H. The summed E-state index contributed by atoms with van der Waals surface area (Å²) in [6.07, 6.45) is 0. The number of rotatable bonds is 0. The van der Waals surface area contributed by atoms with Gasteiger partial charge in [0.15, 0.2) is 0 Å². The van der Waals surface area contributed by atoms with Crippen molar-refractivity contribution in [3.63, 3.8) is 0 Å². The van der Waals surface area contributed by atoms with Crippen LogP contribution in [0, 0.1) is 0 Å². The first-order valence-corrected chi connectivity index (χ1v) is 2.82. The number of anilines is 4. The largest absolute Gasteiger partial charge is 0.397 e. The van der Waals surface area contributed by atoms with Gasteiger partial charge in [0.25, 0.3) is 0 Å². The van der Waals surface area contributed by atoms with Gasteiger partial charge >= 0.3 is 0 Å². The van der Waals surface area contributed by atoms with E-state index in [1.165, 1.54) is 0 Å². The van der Waals surface area contributed by atoms with E-state index in [4.69, 9.17) is 22.9 Å². The van der Waals surface area contributed by atoms with Gasteiger partial charge in [0.2, 0.25) is 0 Å². The van der Waals surface area contributed by atoms with Crippen molar-refractivity contribution < 1.29 is 0 Å². The monoisotopic (exact) mass is 210 g/mol. The fourth-order valence-corrected chi connectivity index (χ4v) is 0.670. The van der Waals surface area contributed by atoms with Crippen molar-refractivity contribution in [3.8, 4) is 0 Å². The zero-order chi connectivity index (χ0) is 7.72. The molecule has 0 amide bonds. The second-order valence-electron chi connectivity index (χ2n) is 2.07. The Hall–Kier alpha value is -1.00. The first-order valence-electron chi connectivity index (χ1n) is 2.82. The van der Waals surface area contributed by atoms with Gasteiger partial charge in [-0.1, -0.05) is 0 Å². The maximum absolute atomic E-state index is 5.45. The third-order valence-electron chi connectivity index (χ3n) is 1.35. The molecule has 0 saturated heterocycles. The van der Waals surface area contributed by atoms with Gasteiger partial charge < -0.3 is 22.9 Å². The number of benzene rings is 1. The summed E-state index contributed by atoms with van der Waals surface area (Å²) in [5.74, 6) is 0. The molecular formula is C6H12Cl2N4. The molecule has 1 aromatic rings. The molecule has 0 heterocycles. The van der Waals surface area contributed by atoms with E-state index in [0.29, 0.717) is 22.7 Å². The molecule has 0 aliphatic carbocycles. The predicted octanol–water partition coefficient (Wildman–Crippen LogP) is 0.859. The summed E-state index contributed by atoms with van der Waals surface area (Å²) in [5.41, 5.74) is 23.4. The highest BCUT2D eigenvalue weighted by atomic mass is 35.5. The van der Waals surface area contributed by atoms with Crippen LogP contribution in [0.4, 0.5) is 22.7 Å². The Balaban J connectivity index is 0. The van der Waals surface area contributed by atoms with Gasteiger partial charge in [-0.25, -0.2) is 0 Å². The van der Waals surface area contributed by atoms with Crippen LogP contribution in [-0.4, -0.2) is 0 Å². The molecule has 0 aromatic heterocycles. The topological polar surface area (TPSA) is 104 Å². The lowest BCUT2D eigenvalue weighted by Crippen LogP contribution is -2.02. The molecule has 0 atom stereocenters. The number of hydrogen-bond donors (Lipinski definition) is 4. The number of nitrogen functional groups attached to an aromatic ring is 4. The summed E-state index contributed by atoms with van der Waals surface area (Å²) in [6, 6.07) is 3.25. The molecular weight excluding hydrogens is 199 g/mol. The van der Waals surface area contributed by atoms with E-state index in [1.807, 2.05) is 0 Å². The van der Waals surface area contributed by atoms with Crippen molar-refractivity contribution in [2.75, 3.05) is 22.9 Å². The van der Waals surface area contributed by atoms with Gasteiger partial charge in [-0.15, -0.1) is 24.8 Å². The van der Waals surface area contributed by atoms with E-state index >= 15 is 0 Å². The van der Waals surface area contributed by atoms with Gasteiger partial charge in [-0.2, -0.15) is 0 Å². The Bertz CT molecular complexity index is 237. The van der Waals surface area contributed by atoms with Gasteiger partial charge in [0.05, 0.1) is 22.7 Å². The molecule has 0 saturated carbocycles. The third kappa shape index (κ3) is 2.25. The first-order chi connectivity index (χ1) is 4.63. The highest BCUT2D eigenvalue weighted by Gasteiger charge is 2.00. The summed E-state index contributed by atoms with van der Waals surface area (Å²) in [6.45, 7) is 0. The fourth-order valence-electron chi connectivity index (χ4n) is 0.670. The number of halogens is 2. The van der Waals surface area contributed by atoms with Crippen molar-refractivity contribution >= 4 is 47.6 Å². The molecule has 0 unspecified atom stereocenters. The van der Waals surface area contributed by atoms with Crippen LogP contribution in [0.25, 0.3) is 0 Å². The minimum atomic E-state index is 0. The smallest absolute Gasteiger partial charge is 0.0802 e. The van der Waals surface area contributed by atoms with Crippen molar-refractivity contribution in [3.05, 3.63) is 12.1 Å². The molecule has 8 N–H and O–H groups in total. The normalized spacial score (nSPS) is 8.00. The molecule has 0 aliphatic rings. The average Bonchev–Trinajstić information content (AvgIpc) is 1.93. The van der Waals surface area contributed by atoms with E-state index in [9.17, 15) is 0 Å². The summed E-state index contributed by atoms with van der Waals surface area (Å²) in [5, 5.41) is 0. The zero-order valence-corrected chi connectivity index (χ0v) is 7.91. The minimum absolute atomic E-state index is 0. The summed E-state index contributed by atoms with van der Waals surface area (Å²) in [4.78, 5) is 0. The van der Waals surface area contributed by atoms with Crippen LogP contribution in [0.1, 0.15) is 0 Å². The molecule has 0 bridgehead atoms. The van der Waals surface area contributed by atoms with E-state index in [-0.39, 0.29) is 24.8 Å². The molecule has 0 aliphatic heterocycles. The van der Waals surface area contributed by atoms with Crippen molar-refractivity contribution in [1.82, 2.24) is 0 Å². The van der Waals surface area contributed by atoms with Crippen LogP contribution in [0.15, 0.2) is 12.1 Å². The van der Waals surface area contributed by atoms with Crippen LogP contribution in [-0.2, 0) is 0 Å². The Labute approximate surface area is 83.1 Å². The molecule has 0 spiro atoms. The van der Waals surface area contributed by atoms with Crippen molar-refractivity contribution in [1.29, 1.82) is 0 Å². The average molecular weight is 211 g/mol. The van der Waals surface area contributed by atoms with E-state index in [1.54, 1.807) is 12.1 Å². The van der Waals surface area contributed by atoms with E-state index < -0.39 is 0 Å². The Kier molecular flexibility index (Phi) is 5.42. The molecule has 1 aromatic carbocycles. The lowest BCUT2D eigenvalue weighted by atomic mass is 10.2. The lowest BCUT2D eigenvalue weighted by Gasteiger charge is -2.05. The van der Waals surface area contributed by atoms with Crippen LogP contribution >= 0.6 is 24.8 Å². The predicted molar refractivity (Wildman–Crippen MR) is 58.6 cm³/mol. The Morgan fingerprint density at radius 1 is 0.667 bits per heavy atom. The van der Waals surface area contributed by atoms with Crippen LogP contribution < -0.4 is 22.9 Å². The maximum Gasteiger partial charge on any atom is 0.0802 e. The summed E-state index contributed by atoms with van der Waals surface area (Å²) in [7, 11) is 0. The molecule has 1 rings (SSSR count). The van der Waals surface area contributed by atoms with Crippen molar-refractivity contribution in [2.45, 2.75) is 0 Å². The summed E-state index contributed by atoms with van der Waals surface area (Å²) >= 11 is 0. The molecule has 0 radical (unpaired) electrons. The Morgan fingerprint density at radius 3 is 1.17 bits per heavy atom. The fraction of sp³-hybridized carbons (Fsp3) is 0. The Morgan fingerprint density at radius 2 is 0.917 bits per heavy atom. The minimum Gasteiger partial charge on any atom is -0.397 e. The highest BCUT2D eigenvalue weighted by Crippen LogP contribution is 2.27. The van der Waals surface area contributed by atoms with Crippen LogP contribution in [0.2, 0.25) is 0 Å². The van der Waals surface area contributed by atoms with Crippen LogP contribution in [0.3, 0.4) is 0 Å². The van der Waals surface area contributed by atoms with Gasteiger partial charge in [0.1, 0.15) is 0 Å². The quantitative estimate of drug-likeness (QED) is 0.477. The van der Waals surface area contributed by atoms with E-state index in [0.717, 1.165) is 0 Å². The molecule has 0 fully saturated rings. The molecule has 6 heteroatoms. The van der Waals surface area contributed by atoms with Gasteiger partial charge in [0, 0.05) is 0 Å². The molecule has 12 heavy (non-hydrogen) atoms. The second-order valence-corrected chi connectivity index (χ2v) is 2.07. The van der Waals surface area contributed by atoms with E-state index in [2.05, 4.69) is 0 Å². The SMILES string of the molecule is Cl.Cl.Nc1ccc(N)c(N)c1N. The van der Waals surface area contributed by atoms with Gasteiger partial charge in [-0.3, -0.25) is 0 Å².